The maximum absolute atomic E-state index is 9.04. The van der Waals surface area contributed by atoms with E-state index in [2.05, 4.69) is 0 Å². The van der Waals surface area contributed by atoms with Crippen molar-refractivity contribution in [2.75, 3.05) is 6.61 Å². The lowest BCUT2D eigenvalue weighted by Gasteiger charge is -2.11. The van der Waals surface area contributed by atoms with E-state index in [1.54, 1.807) is 0 Å². The summed E-state index contributed by atoms with van der Waals surface area (Å²) in [5.41, 5.74) is -0.966. The highest BCUT2D eigenvalue weighted by Crippen LogP contribution is 2.32. The maximum Gasteiger partial charge on any atom is 0.128 e. The minimum Gasteiger partial charge on any atom is -0.395 e. The summed E-state index contributed by atoms with van der Waals surface area (Å²) in [4.78, 5) is 0. The van der Waals surface area contributed by atoms with Gasteiger partial charge in [0.25, 0.3) is 0 Å². The molecule has 1 aliphatic heterocycles. The second-order valence-electron chi connectivity index (χ2n) is 2.23. The van der Waals surface area contributed by atoms with E-state index < -0.39 is 22.9 Å². The van der Waals surface area contributed by atoms with Gasteiger partial charge in [0.2, 0.25) is 0 Å². The fourth-order valence-corrected chi connectivity index (χ4v) is 1.97. The predicted molar refractivity (Wildman–Crippen MR) is 36.5 cm³/mol. The summed E-state index contributed by atoms with van der Waals surface area (Å²) in [6.45, 7) is -0.222. The average Bonchev–Trinajstić information content (AvgIpc) is 2.17. The van der Waals surface area contributed by atoms with E-state index in [1.165, 1.54) is 0 Å². The first-order valence-corrected chi connectivity index (χ1v) is 3.91. The van der Waals surface area contributed by atoms with Gasteiger partial charge in [-0.3, -0.25) is 0 Å². The van der Waals surface area contributed by atoms with Crippen molar-refractivity contribution in [2.45, 2.75) is 22.9 Å². The monoisotopic (exact) mass is 166 g/mol. The lowest BCUT2D eigenvalue weighted by molar-refractivity contribution is -0.0181. The smallest absolute Gasteiger partial charge is 0.128 e. The maximum atomic E-state index is 9.04. The van der Waals surface area contributed by atoms with Crippen molar-refractivity contribution in [3.05, 3.63) is 0 Å². The minimum atomic E-state index is -1.12. The molecule has 10 heavy (non-hydrogen) atoms. The number of hydrogen-bond donors (Lipinski definition) is 4. The molecule has 1 saturated heterocycles. The highest BCUT2D eigenvalue weighted by Gasteiger charge is 2.40. The van der Waals surface area contributed by atoms with Gasteiger partial charge in [-0.15, -0.1) is 11.8 Å². The number of rotatable bonds is 1. The van der Waals surface area contributed by atoms with Gasteiger partial charge < -0.3 is 20.4 Å². The highest BCUT2D eigenvalue weighted by molar-refractivity contribution is 8.00. The third kappa shape index (κ3) is 1.28. The zero-order valence-corrected chi connectivity index (χ0v) is 6.03. The fourth-order valence-electron chi connectivity index (χ4n) is 0.880. The van der Waals surface area contributed by atoms with Crippen molar-refractivity contribution < 1.29 is 20.4 Å². The van der Waals surface area contributed by atoms with Crippen LogP contribution in [0.1, 0.15) is 0 Å². The lowest BCUT2D eigenvalue weighted by Crippen LogP contribution is -2.33. The zero-order valence-electron chi connectivity index (χ0n) is 5.21. The second kappa shape index (κ2) is 3.06. The Morgan fingerprint density at radius 1 is 1.10 bits per heavy atom. The molecule has 0 spiro atoms. The van der Waals surface area contributed by atoms with Crippen LogP contribution in [0.3, 0.4) is 0 Å². The minimum absolute atomic E-state index is 0.222. The summed E-state index contributed by atoms with van der Waals surface area (Å²) in [7, 11) is 0. The molecule has 1 aliphatic rings. The van der Waals surface area contributed by atoms with Gasteiger partial charge in [0.1, 0.15) is 11.5 Å². The van der Waals surface area contributed by atoms with Gasteiger partial charge in [0.15, 0.2) is 0 Å². The quantitative estimate of drug-likeness (QED) is 0.367. The number of aliphatic hydroxyl groups is 4. The van der Waals surface area contributed by atoms with Gasteiger partial charge in [-0.1, -0.05) is 0 Å². The Labute approximate surface area is 62.5 Å². The van der Waals surface area contributed by atoms with Crippen LogP contribution in [0.5, 0.6) is 0 Å². The van der Waals surface area contributed by atoms with Gasteiger partial charge in [-0.2, -0.15) is 0 Å². The van der Waals surface area contributed by atoms with E-state index >= 15 is 0 Å². The van der Waals surface area contributed by atoms with Crippen LogP contribution in [0.25, 0.3) is 0 Å². The molecule has 0 bridgehead atoms. The van der Waals surface area contributed by atoms with E-state index in [9.17, 15) is 0 Å². The van der Waals surface area contributed by atoms with Crippen LogP contribution in [-0.2, 0) is 0 Å². The SMILES string of the molecule is OC[C@H]1S[C@@H](O)[C@@H](O)[C@@H]1O. The van der Waals surface area contributed by atoms with Crippen LogP contribution in [0.4, 0.5) is 0 Å². The predicted octanol–water partition coefficient (Wildman–Crippen LogP) is -1.87. The molecule has 0 unspecified atom stereocenters. The van der Waals surface area contributed by atoms with Crippen molar-refractivity contribution >= 4 is 11.8 Å². The summed E-state index contributed by atoms with van der Waals surface area (Å²) >= 11 is 0.987. The molecule has 4 N–H and O–H groups in total. The molecule has 4 atom stereocenters. The molecular weight excluding hydrogens is 156 g/mol. The zero-order chi connectivity index (χ0) is 7.72. The molecule has 0 radical (unpaired) electrons. The van der Waals surface area contributed by atoms with Crippen LogP contribution < -0.4 is 0 Å². The molecule has 4 nitrogen and oxygen atoms in total. The van der Waals surface area contributed by atoms with Crippen molar-refractivity contribution in [1.29, 1.82) is 0 Å². The van der Waals surface area contributed by atoms with Gasteiger partial charge in [0, 0.05) is 0 Å². The molecule has 1 fully saturated rings. The van der Waals surface area contributed by atoms with E-state index in [4.69, 9.17) is 20.4 Å². The molecule has 1 heterocycles. The second-order valence-corrected chi connectivity index (χ2v) is 3.59. The van der Waals surface area contributed by atoms with Gasteiger partial charge >= 0.3 is 0 Å². The van der Waals surface area contributed by atoms with Crippen molar-refractivity contribution in [3.63, 3.8) is 0 Å². The van der Waals surface area contributed by atoms with Crippen LogP contribution in [0.15, 0.2) is 0 Å². The van der Waals surface area contributed by atoms with E-state index in [1.807, 2.05) is 0 Å². The Balaban J connectivity index is 2.53. The summed E-state index contributed by atoms with van der Waals surface area (Å²) in [6, 6.07) is 0. The first kappa shape index (κ1) is 8.29. The van der Waals surface area contributed by atoms with Gasteiger partial charge in [-0.05, 0) is 0 Å². The molecule has 0 aromatic carbocycles. The van der Waals surface area contributed by atoms with E-state index in [0.29, 0.717) is 0 Å². The average molecular weight is 166 g/mol. The normalized spacial score (nSPS) is 48.0. The first-order chi connectivity index (χ1) is 4.66. The summed E-state index contributed by atoms with van der Waals surface area (Å²) in [5, 5.41) is 35.0. The molecule has 0 saturated carbocycles. The van der Waals surface area contributed by atoms with Crippen molar-refractivity contribution in [2.24, 2.45) is 0 Å². The highest BCUT2D eigenvalue weighted by atomic mass is 32.2. The van der Waals surface area contributed by atoms with E-state index in [0.717, 1.165) is 11.8 Å². The lowest BCUT2D eigenvalue weighted by atomic mass is 10.1. The molecular formula is C5H10O4S. The Kier molecular flexibility index (Phi) is 2.54. The van der Waals surface area contributed by atoms with Gasteiger partial charge in [-0.25, -0.2) is 0 Å². The van der Waals surface area contributed by atoms with Crippen molar-refractivity contribution in [3.8, 4) is 0 Å². The van der Waals surface area contributed by atoms with Crippen molar-refractivity contribution in [1.82, 2.24) is 0 Å². The third-order valence-electron chi connectivity index (χ3n) is 1.52. The molecule has 5 heteroatoms. The molecule has 0 aromatic rings. The third-order valence-corrected chi connectivity index (χ3v) is 2.85. The number of hydrogen-bond acceptors (Lipinski definition) is 5. The molecule has 0 aromatic heterocycles. The largest absolute Gasteiger partial charge is 0.395 e. The Morgan fingerprint density at radius 2 is 1.70 bits per heavy atom. The standard InChI is InChI=1S/C5H10O4S/c6-1-2-3(7)4(8)5(9)10-2/h2-9H,1H2/t2-,3-,4+,5-/m1/s1. The molecule has 1 rings (SSSR count). The fraction of sp³-hybridized carbons (Fsp3) is 1.00. The summed E-state index contributed by atoms with van der Waals surface area (Å²) in [6.07, 6.45) is -2.13. The number of aliphatic hydroxyl groups excluding tert-OH is 4. The Hall–Kier alpha value is 0.190. The molecule has 0 aliphatic carbocycles. The summed E-state index contributed by atoms with van der Waals surface area (Å²) < 4.78 is 0. The summed E-state index contributed by atoms with van der Waals surface area (Å²) in [5.74, 6) is 0. The first-order valence-electron chi connectivity index (χ1n) is 2.97. The van der Waals surface area contributed by atoms with Crippen LogP contribution in [0, 0.1) is 0 Å². The van der Waals surface area contributed by atoms with E-state index in [-0.39, 0.29) is 6.61 Å². The molecule has 60 valence electrons. The van der Waals surface area contributed by atoms with Crippen LogP contribution >= 0.6 is 11.8 Å². The number of thioether (sulfide) groups is 1. The van der Waals surface area contributed by atoms with Crippen LogP contribution in [-0.4, -0.2) is 49.9 Å². The molecule has 0 amide bonds. The topological polar surface area (TPSA) is 80.9 Å². The Morgan fingerprint density at radius 3 is 1.90 bits per heavy atom. The Bertz CT molecular complexity index is 120. The van der Waals surface area contributed by atoms with Crippen LogP contribution in [0.2, 0.25) is 0 Å². The van der Waals surface area contributed by atoms with Gasteiger partial charge in [0.05, 0.1) is 18.0 Å².